The summed E-state index contributed by atoms with van der Waals surface area (Å²) in [6.45, 7) is 2.68. The van der Waals surface area contributed by atoms with Crippen LogP contribution in [0.3, 0.4) is 0 Å². The molecule has 126 valence electrons. The van der Waals surface area contributed by atoms with Gasteiger partial charge in [-0.25, -0.2) is 22.9 Å². The Balaban J connectivity index is 1.95. The number of nitrogens with two attached hydrogens (primary N) is 1. The maximum Gasteiger partial charge on any atom is 0.238 e. The SMILES string of the molecule is CCn1c(SCc2cccc(F)c2)nc2cc(S(N)(=O)=O)ccc21. The van der Waals surface area contributed by atoms with E-state index in [1.807, 2.05) is 17.6 Å². The third-order valence-electron chi connectivity index (χ3n) is 3.59. The summed E-state index contributed by atoms with van der Waals surface area (Å²) >= 11 is 1.48. The Labute approximate surface area is 143 Å². The molecule has 0 saturated heterocycles. The van der Waals surface area contributed by atoms with Gasteiger partial charge in [-0.1, -0.05) is 23.9 Å². The molecule has 0 aliphatic rings. The molecule has 0 bridgehead atoms. The van der Waals surface area contributed by atoms with Crippen LogP contribution >= 0.6 is 11.8 Å². The topological polar surface area (TPSA) is 78.0 Å². The van der Waals surface area contributed by atoms with Gasteiger partial charge in [0.1, 0.15) is 5.82 Å². The third-order valence-corrected chi connectivity index (χ3v) is 5.54. The van der Waals surface area contributed by atoms with Crippen LogP contribution in [0.25, 0.3) is 11.0 Å². The molecule has 0 atom stereocenters. The van der Waals surface area contributed by atoms with E-state index >= 15 is 0 Å². The number of hydrogen-bond acceptors (Lipinski definition) is 4. The monoisotopic (exact) mass is 365 g/mol. The molecule has 0 saturated carbocycles. The van der Waals surface area contributed by atoms with Gasteiger partial charge in [-0.15, -0.1) is 0 Å². The van der Waals surface area contributed by atoms with Gasteiger partial charge in [0.25, 0.3) is 0 Å². The number of aromatic nitrogens is 2. The second kappa shape index (κ2) is 6.54. The first-order chi connectivity index (χ1) is 11.4. The summed E-state index contributed by atoms with van der Waals surface area (Å²) in [5.74, 6) is 0.304. The summed E-state index contributed by atoms with van der Waals surface area (Å²) in [4.78, 5) is 4.55. The number of benzene rings is 2. The molecular weight excluding hydrogens is 349 g/mol. The first-order valence-electron chi connectivity index (χ1n) is 7.29. The summed E-state index contributed by atoms with van der Waals surface area (Å²) in [5.41, 5.74) is 2.27. The number of sulfonamides is 1. The Morgan fingerprint density at radius 2 is 2.04 bits per heavy atom. The Kier molecular flexibility index (Phi) is 4.62. The molecule has 24 heavy (non-hydrogen) atoms. The Bertz CT molecular complexity index is 1000. The number of hydrogen-bond donors (Lipinski definition) is 1. The quantitative estimate of drug-likeness (QED) is 0.705. The standard InChI is InChI=1S/C16H16FN3O2S2/c1-2-20-15-7-6-13(24(18,21)22)9-14(15)19-16(20)23-10-11-4-3-5-12(17)8-11/h3-9H,2,10H2,1H3,(H2,18,21,22). The van der Waals surface area contributed by atoms with Crippen LogP contribution in [0.4, 0.5) is 4.39 Å². The van der Waals surface area contributed by atoms with E-state index in [0.717, 1.165) is 16.2 Å². The predicted octanol–water partition coefficient (Wildman–Crippen LogP) is 3.14. The van der Waals surface area contributed by atoms with Crippen LogP contribution in [0.2, 0.25) is 0 Å². The molecule has 3 rings (SSSR count). The normalized spacial score (nSPS) is 12.0. The van der Waals surface area contributed by atoms with Crippen molar-refractivity contribution in [2.75, 3.05) is 0 Å². The molecule has 2 N–H and O–H groups in total. The van der Waals surface area contributed by atoms with Crippen molar-refractivity contribution in [3.63, 3.8) is 0 Å². The molecular formula is C16H16FN3O2S2. The average Bonchev–Trinajstić information content (AvgIpc) is 2.88. The lowest BCUT2D eigenvalue weighted by Crippen LogP contribution is -2.11. The number of imidazole rings is 1. The zero-order chi connectivity index (χ0) is 17.3. The molecule has 0 spiro atoms. The molecule has 8 heteroatoms. The summed E-state index contributed by atoms with van der Waals surface area (Å²) in [5, 5.41) is 5.92. The molecule has 3 aromatic rings. The predicted molar refractivity (Wildman–Crippen MR) is 92.7 cm³/mol. The van der Waals surface area contributed by atoms with E-state index in [1.54, 1.807) is 12.1 Å². The molecule has 2 aromatic carbocycles. The highest BCUT2D eigenvalue weighted by Gasteiger charge is 2.14. The number of rotatable bonds is 5. The smallest absolute Gasteiger partial charge is 0.238 e. The van der Waals surface area contributed by atoms with E-state index in [0.29, 0.717) is 17.8 Å². The Morgan fingerprint density at radius 3 is 2.71 bits per heavy atom. The van der Waals surface area contributed by atoms with Crippen LogP contribution in [-0.2, 0) is 22.3 Å². The van der Waals surface area contributed by atoms with Crippen LogP contribution in [0, 0.1) is 5.82 Å². The number of thioether (sulfide) groups is 1. The van der Waals surface area contributed by atoms with Gasteiger partial charge in [0.2, 0.25) is 10.0 Å². The van der Waals surface area contributed by atoms with Gasteiger partial charge in [-0.05, 0) is 42.8 Å². The van der Waals surface area contributed by atoms with Crippen LogP contribution in [0.5, 0.6) is 0 Å². The minimum Gasteiger partial charge on any atom is -0.319 e. The second-order valence-electron chi connectivity index (χ2n) is 5.25. The fraction of sp³-hybridized carbons (Fsp3) is 0.188. The van der Waals surface area contributed by atoms with E-state index in [9.17, 15) is 12.8 Å². The van der Waals surface area contributed by atoms with Crippen molar-refractivity contribution >= 4 is 32.8 Å². The second-order valence-corrected chi connectivity index (χ2v) is 7.76. The van der Waals surface area contributed by atoms with E-state index in [4.69, 9.17) is 5.14 Å². The molecule has 5 nitrogen and oxygen atoms in total. The highest BCUT2D eigenvalue weighted by molar-refractivity contribution is 7.98. The third kappa shape index (κ3) is 3.45. The fourth-order valence-electron chi connectivity index (χ4n) is 2.45. The van der Waals surface area contributed by atoms with Crippen molar-refractivity contribution in [2.45, 2.75) is 29.3 Å². The van der Waals surface area contributed by atoms with Crippen molar-refractivity contribution < 1.29 is 12.8 Å². The molecule has 0 amide bonds. The van der Waals surface area contributed by atoms with Crippen molar-refractivity contribution in [2.24, 2.45) is 5.14 Å². The van der Waals surface area contributed by atoms with Crippen LogP contribution < -0.4 is 5.14 Å². The molecule has 1 aromatic heterocycles. The number of fused-ring (bicyclic) bond motifs is 1. The minimum absolute atomic E-state index is 0.0393. The van der Waals surface area contributed by atoms with E-state index in [-0.39, 0.29) is 10.7 Å². The summed E-state index contributed by atoms with van der Waals surface area (Å²) < 4.78 is 38.2. The Hall–Kier alpha value is -1.90. The van der Waals surface area contributed by atoms with Crippen molar-refractivity contribution in [3.05, 3.63) is 53.8 Å². The molecule has 0 radical (unpaired) electrons. The summed E-state index contributed by atoms with van der Waals surface area (Å²) in [6, 6.07) is 11.1. The number of halogens is 1. The van der Waals surface area contributed by atoms with Crippen LogP contribution in [0.1, 0.15) is 12.5 Å². The van der Waals surface area contributed by atoms with Crippen molar-refractivity contribution in [3.8, 4) is 0 Å². The summed E-state index contributed by atoms with van der Waals surface area (Å²) in [6.07, 6.45) is 0. The van der Waals surface area contributed by atoms with E-state index in [1.165, 1.54) is 36.0 Å². The molecule has 1 heterocycles. The van der Waals surface area contributed by atoms with Gasteiger partial charge < -0.3 is 4.57 Å². The maximum atomic E-state index is 13.3. The molecule has 0 aliphatic heterocycles. The zero-order valence-corrected chi connectivity index (χ0v) is 14.6. The zero-order valence-electron chi connectivity index (χ0n) is 12.9. The lowest BCUT2D eigenvalue weighted by atomic mass is 10.2. The largest absolute Gasteiger partial charge is 0.319 e. The molecule has 0 aliphatic carbocycles. The lowest BCUT2D eigenvalue weighted by molar-refractivity contribution is 0.598. The van der Waals surface area contributed by atoms with Gasteiger partial charge in [-0.3, -0.25) is 0 Å². The van der Waals surface area contributed by atoms with Crippen LogP contribution in [0.15, 0.2) is 52.5 Å². The first-order valence-corrected chi connectivity index (χ1v) is 9.82. The first kappa shape index (κ1) is 16.9. The van der Waals surface area contributed by atoms with Gasteiger partial charge >= 0.3 is 0 Å². The Morgan fingerprint density at radius 1 is 1.25 bits per heavy atom. The number of nitrogens with zero attached hydrogens (tertiary/aromatic N) is 2. The molecule has 0 unspecified atom stereocenters. The van der Waals surface area contributed by atoms with Gasteiger partial charge in [-0.2, -0.15) is 0 Å². The van der Waals surface area contributed by atoms with Gasteiger partial charge in [0, 0.05) is 12.3 Å². The minimum atomic E-state index is -3.76. The number of aryl methyl sites for hydroxylation is 1. The number of primary sulfonamides is 1. The highest BCUT2D eigenvalue weighted by Crippen LogP contribution is 2.28. The van der Waals surface area contributed by atoms with Gasteiger partial charge in [0.05, 0.1) is 15.9 Å². The van der Waals surface area contributed by atoms with E-state index in [2.05, 4.69) is 4.98 Å². The molecule has 0 fully saturated rings. The van der Waals surface area contributed by atoms with Crippen LogP contribution in [-0.4, -0.2) is 18.0 Å². The highest BCUT2D eigenvalue weighted by atomic mass is 32.2. The maximum absolute atomic E-state index is 13.3. The lowest BCUT2D eigenvalue weighted by Gasteiger charge is -2.06. The average molecular weight is 365 g/mol. The van der Waals surface area contributed by atoms with E-state index < -0.39 is 10.0 Å². The van der Waals surface area contributed by atoms with Crippen molar-refractivity contribution in [1.29, 1.82) is 0 Å². The van der Waals surface area contributed by atoms with Gasteiger partial charge in [0.15, 0.2) is 5.16 Å². The fourth-order valence-corrected chi connectivity index (χ4v) is 4.01. The van der Waals surface area contributed by atoms with Crippen molar-refractivity contribution in [1.82, 2.24) is 9.55 Å². The summed E-state index contributed by atoms with van der Waals surface area (Å²) in [7, 11) is -3.76.